The van der Waals surface area contributed by atoms with Gasteiger partial charge < -0.3 is 9.47 Å². The van der Waals surface area contributed by atoms with E-state index in [0.717, 1.165) is 22.8 Å². The Bertz CT molecular complexity index is 583. The Morgan fingerprint density at radius 1 is 1.32 bits per heavy atom. The third-order valence-corrected chi connectivity index (χ3v) is 3.11. The first-order chi connectivity index (χ1) is 9.29. The highest BCUT2D eigenvalue weighted by molar-refractivity contribution is 5.45. The van der Waals surface area contributed by atoms with Crippen molar-refractivity contribution in [2.75, 3.05) is 13.2 Å². The number of hydrazine groups is 1. The van der Waals surface area contributed by atoms with E-state index in [2.05, 4.69) is 15.7 Å². The summed E-state index contributed by atoms with van der Waals surface area (Å²) in [7, 11) is 1.82. The van der Waals surface area contributed by atoms with Crippen molar-refractivity contribution >= 4 is 0 Å². The largest absolute Gasteiger partial charge is 0.486 e. The molecular weight excluding hydrogens is 246 g/mol. The van der Waals surface area contributed by atoms with Crippen LogP contribution in [-0.2, 0) is 7.05 Å². The van der Waals surface area contributed by atoms with Gasteiger partial charge in [0, 0.05) is 7.05 Å². The van der Waals surface area contributed by atoms with Crippen LogP contribution in [0, 0.1) is 0 Å². The van der Waals surface area contributed by atoms with Crippen LogP contribution in [0.25, 0.3) is 0 Å². The molecule has 100 valence electrons. The minimum atomic E-state index is -0.198. The quantitative estimate of drug-likeness (QED) is 0.603. The van der Waals surface area contributed by atoms with Crippen LogP contribution in [0.1, 0.15) is 17.3 Å². The number of fused-ring (bicyclic) bond motifs is 1. The number of hydrogen-bond donors (Lipinski definition) is 2. The van der Waals surface area contributed by atoms with Gasteiger partial charge in [-0.3, -0.25) is 10.5 Å². The van der Waals surface area contributed by atoms with E-state index < -0.39 is 0 Å². The molecule has 0 radical (unpaired) electrons. The first kappa shape index (κ1) is 11.9. The van der Waals surface area contributed by atoms with Gasteiger partial charge in [0.15, 0.2) is 11.5 Å². The second-order valence-electron chi connectivity index (χ2n) is 4.29. The van der Waals surface area contributed by atoms with Gasteiger partial charge >= 0.3 is 0 Å². The van der Waals surface area contributed by atoms with E-state index in [1.807, 2.05) is 25.2 Å². The molecule has 3 N–H and O–H groups in total. The van der Waals surface area contributed by atoms with Crippen LogP contribution in [0.3, 0.4) is 0 Å². The Balaban J connectivity index is 1.98. The molecule has 0 fully saturated rings. The highest BCUT2D eigenvalue weighted by Gasteiger charge is 2.20. The van der Waals surface area contributed by atoms with Crippen LogP contribution >= 0.6 is 0 Å². The molecule has 0 bridgehead atoms. The highest BCUT2D eigenvalue weighted by Crippen LogP contribution is 2.33. The lowest BCUT2D eigenvalue weighted by molar-refractivity contribution is 0.171. The monoisotopic (exact) mass is 261 g/mol. The van der Waals surface area contributed by atoms with Crippen molar-refractivity contribution in [3.05, 3.63) is 35.7 Å². The smallest absolute Gasteiger partial charge is 0.161 e. The van der Waals surface area contributed by atoms with Crippen LogP contribution < -0.4 is 20.7 Å². The Morgan fingerprint density at radius 2 is 2.11 bits per heavy atom. The molecule has 1 aromatic carbocycles. The summed E-state index contributed by atoms with van der Waals surface area (Å²) in [6.07, 6.45) is 1.68. The third-order valence-electron chi connectivity index (χ3n) is 3.11. The summed E-state index contributed by atoms with van der Waals surface area (Å²) in [5.74, 6) is 7.14. The predicted octanol–water partition coefficient (Wildman–Crippen LogP) is 0.139. The number of nitrogens with two attached hydrogens (primary N) is 1. The van der Waals surface area contributed by atoms with Gasteiger partial charge in [0.05, 0.1) is 17.9 Å². The first-order valence-corrected chi connectivity index (χ1v) is 6.00. The van der Waals surface area contributed by atoms with Gasteiger partial charge in [0.2, 0.25) is 0 Å². The summed E-state index contributed by atoms with van der Waals surface area (Å²) in [6.45, 7) is 1.14. The van der Waals surface area contributed by atoms with Crippen molar-refractivity contribution in [2.45, 2.75) is 6.04 Å². The maximum Gasteiger partial charge on any atom is 0.161 e. The van der Waals surface area contributed by atoms with E-state index in [1.165, 1.54) is 0 Å². The lowest BCUT2D eigenvalue weighted by Gasteiger charge is -2.21. The molecule has 7 nitrogen and oxygen atoms in total. The van der Waals surface area contributed by atoms with Gasteiger partial charge in [0.1, 0.15) is 13.2 Å². The molecule has 2 heterocycles. The molecule has 1 atom stereocenters. The van der Waals surface area contributed by atoms with Crippen molar-refractivity contribution in [3.63, 3.8) is 0 Å². The van der Waals surface area contributed by atoms with Gasteiger partial charge in [0.25, 0.3) is 0 Å². The van der Waals surface area contributed by atoms with Gasteiger partial charge in [-0.25, -0.2) is 5.43 Å². The number of hydrogen-bond acceptors (Lipinski definition) is 6. The normalized spacial score (nSPS) is 15.3. The summed E-state index contributed by atoms with van der Waals surface area (Å²) in [6, 6.07) is 5.56. The number of rotatable bonds is 3. The SMILES string of the molecule is Cn1nncc1C(NN)c1ccc2c(c1)OCCO2. The molecular formula is C12H15N5O2. The number of aryl methyl sites for hydroxylation is 1. The summed E-state index contributed by atoms with van der Waals surface area (Å²) >= 11 is 0. The van der Waals surface area contributed by atoms with E-state index in [0.29, 0.717) is 13.2 Å². The molecule has 0 saturated carbocycles. The van der Waals surface area contributed by atoms with E-state index in [-0.39, 0.29) is 6.04 Å². The van der Waals surface area contributed by atoms with Crippen LogP contribution in [0.5, 0.6) is 11.5 Å². The van der Waals surface area contributed by atoms with Crippen LogP contribution in [-0.4, -0.2) is 28.2 Å². The number of nitrogens with one attached hydrogen (secondary N) is 1. The maximum absolute atomic E-state index is 5.65. The maximum atomic E-state index is 5.65. The average molecular weight is 261 g/mol. The standard InChI is InChI=1S/C12H15N5O2/c1-17-9(7-14-16-17)12(15-13)8-2-3-10-11(6-8)19-5-4-18-10/h2-3,6-7,12,15H,4-5,13H2,1H3. The Hall–Kier alpha value is -2.12. The summed E-state index contributed by atoms with van der Waals surface area (Å²) in [5.41, 5.74) is 4.62. The predicted molar refractivity (Wildman–Crippen MR) is 67.6 cm³/mol. The van der Waals surface area contributed by atoms with Gasteiger partial charge in [-0.05, 0) is 17.7 Å². The zero-order valence-electron chi connectivity index (χ0n) is 10.5. The topological polar surface area (TPSA) is 87.2 Å². The fourth-order valence-electron chi connectivity index (χ4n) is 2.15. The molecule has 19 heavy (non-hydrogen) atoms. The van der Waals surface area contributed by atoms with E-state index in [1.54, 1.807) is 10.9 Å². The molecule has 0 amide bonds. The molecule has 2 aromatic rings. The van der Waals surface area contributed by atoms with Crippen LogP contribution in [0.2, 0.25) is 0 Å². The number of ether oxygens (including phenoxy) is 2. The van der Waals surface area contributed by atoms with E-state index >= 15 is 0 Å². The molecule has 0 saturated heterocycles. The molecule has 1 aliphatic rings. The van der Waals surface area contributed by atoms with Gasteiger partial charge in [-0.1, -0.05) is 11.3 Å². The molecule has 3 rings (SSSR count). The second-order valence-corrected chi connectivity index (χ2v) is 4.29. The Morgan fingerprint density at radius 3 is 2.79 bits per heavy atom. The minimum Gasteiger partial charge on any atom is -0.486 e. The lowest BCUT2D eigenvalue weighted by atomic mass is 10.0. The highest BCUT2D eigenvalue weighted by atomic mass is 16.6. The molecule has 7 heteroatoms. The molecule has 1 unspecified atom stereocenters. The average Bonchev–Trinajstić information content (AvgIpc) is 2.86. The fourth-order valence-corrected chi connectivity index (χ4v) is 2.15. The van der Waals surface area contributed by atoms with Crippen LogP contribution in [0.4, 0.5) is 0 Å². The number of aromatic nitrogens is 3. The Labute approximate surface area is 110 Å². The molecule has 0 spiro atoms. The zero-order valence-corrected chi connectivity index (χ0v) is 10.5. The first-order valence-electron chi connectivity index (χ1n) is 6.00. The van der Waals surface area contributed by atoms with E-state index in [4.69, 9.17) is 15.3 Å². The fraction of sp³-hybridized carbons (Fsp3) is 0.333. The molecule has 1 aromatic heterocycles. The van der Waals surface area contributed by atoms with Crippen molar-refractivity contribution in [3.8, 4) is 11.5 Å². The van der Waals surface area contributed by atoms with Gasteiger partial charge in [-0.2, -0.15) is 0 Å². The van der Waals surface area contributed by atoms with Crippen molar-refractivity contribution in [1.82, 2.24) is 20.4 Å². The summed E-state index contributed by atoms with van der Waals surface area (Å²) in [4.78, 5) is 0. The van der Waals surface area contributed by atoms with Gasteiger partial charge in [-0.15, -0.1) is 5.10 Å². The third kappa shape index (κ3) is 2.13. The molecule has 1 aliphatic heterocycles. The lowest BCUT2D eigenvalue weighted by Crippen LogP contribution is -2.30. The minimum absolute atomic E-state index is 0.198. The van der Waals surface area contributed by atoms with E-state index in [9.17, 15) is 0 Å². The second kappa shape index (κ2) is 4.87. The summed E-state index contributed by atoms with van der Waals surface area (Å²) < 4.78 is 12.8. The summed E-state index contributed by atoms with van der Waals surface area (Å²) in [5, 5.41) is 7.78. The van der Waals surface area contributed by atoms with Crippen molar-refractivity contribution < 1.29 is 9.47 Å². The van der Waals surface area contributed by atoms with Crippen LogP contribution in [0.15, 0.2) is 24.4 Å². The van der Waals surface area contributed by atoms with Crippen molar-refractivity contribution in [1.29, 1.82) is 0 Å². The number of benzene rings is 1. The Kier molecular flexibility index (Phi) is 3.06. The molecule has 0 aliphatic carbocycles. The van der Waals surface area contributed by atoms with Crippen molar-refractivity contribution in [2.24, 2.45) is 12.9 Å². The number of nitrogens with zero attached hydrogens (tertiary/aromatic N) is 3. The zero-order chi connectivity index (χ0) is 13.2.